The van der Waals surface area contributed by atoms with Crippen molar-refractivity contribution in [2.45, 2.75) is 26.4 Å². The second-order valence-corrected chi connectivity index (χ2v) is 6.01. The van der Waals surface area contributed by atoms with Gasteiger partial charge in [-0.3, -0.25) is 9.69 Å². The van der Waals surface area contributed by atoms with Gasteiger partial charge in [0.15, 0.2) is 11.5 Å². The van der Waals surface area contributed by atoms with E-state index in [1.54, 1.807) is 7.11 Å². The molecule has 2 aromatic carbocycles. The highest BCUT2D eigenvalue weighted by Crippen LogP contribution is 2.28. The zero-order valence-corrected chi connectivity index (χ0v) is 15.6. The largest absolute Gasteiger partial charge is 0.493 e. The van der Waals surface area contributed by atoms with Crippen LogP contribution in [-0.2, 0) is 11.3 Å². The molecule has 0 spiro atoms. The first-order valence-electron chi connectivity index (χ1n) is 8.51. The molecular weight excluding hydrogens is 335 g/mol. The van der Waals surface area contributed by atoms with Crippen LogP contribution in [0.4, 0.5) is 10.1 Å². The normalized spacial score (nSPS) is 11.9. The first-order chi connectivity index (χ1) is 12.4. The molecular formula is C20H25FN2O3. The fourth-order valence-corrected chi connectivity index (χ4v) is 2.49. The molecule has 1 amide bonds. The highest BCUT2D eigenvalue weighted by atomic mass is 19.1. The molecule has 1 unspecified atom stereocenters. The van der Waals surface area contributed by atoms with E-state index < -0.39 is 0 Å². The summed E-state index contributed by atoms with van der Waals surface area (Å²) in [4.78, 5) is 14.3. The van der Waals surface area contributed by atoms with Gasteiger partial charge in [0.25, 0.3) is 0 Å². The number of rotatable bonds is 8. The summed E-state index contributed by atoms with van der Waals surface area (Å²) in [6.45, 7) is 4.88. The summed E-state index contributed by atoms with van der Waals surface area (Å²) in [6.07, 6.45) is 0. The van der Waals surface area contributed by atoms with Crippen LogP contribution in [0, 0.1) is 5.82 Å². The van der Waals surface area contributed by atoms with E-state index in [-0.39, 0.29) is 17.8 Å². The van der Waals surface area contributed by atoms with Crippen molar-refractivity contribution in [3.8, 4) is 11.5 Å². The number of hydrogen-bond donors (Lipinski definition) is 1. The molecule has 1 atom stereocenters. The lowest BCUT2D eigenvalue weighted by molar-refractivity contribution is -0.120. The molecule has 0 aliphatic heterocycles. The summed E-state index contributed by atoms with van der Waals surface area (Å²) in [6, 6.07) is 11.1. The molecule has 140 valence electrons. The van der Waals surface area contributed by atoms with Crippen molar-refractivity contribution < 1.29 is 18.7 Å². The molecule has 0 saturated carbocycles. The van der Waals surface area contributed by atoms with Gasteiger partial charge in [-0.15, -0.1) is 0 Å². The monoisotopic (exact) mass is 360 g/mol. The average Bonchev–Trinajstić information content (AvgIpc) is 2.64. The van der Waals surface area contributed by atoms with E-state index in [0.717, 1.165) is 5.56 Å². The van der Waals surface area contributed by atoms with Crippen molar-refractivity contribution in [1.82, 2.24) is 4.90 Å². The zero-order chi connectivity index (χ0) is 19.1. The molecule has 0 fully saturated rings. The van der Waals surface area contributed by atoms with E-state index in [1.165, 1.54) is 24.3 Å². The van der Waals surface area contributed by atoms with Gasteiger partial charge in [-0.25, -0.2) is 4.39 Å². The summed E-state index contributed by atoms with van der Waals surface area (Å²) in [5.41, 5.74) is 1.58. The highest BCUT2D eigenvalue weighted by molar-refractivity contribution is 5.94. The molecule has 5 nitrogen and oxygen atoms in total. The number of hydrogen-bond acceptors (Lipinski definition) is 4. The Balaban J connectivity index is 2.00. The van der Waals surface area contributed by atoms with Crippen molar-refractivity contribution in [2.75, 3.05) is 26.1 Å². The number of nitrogens with one attached hydrogen (secondary N) is 1. The Morgan fingerprint density at radius 2 is 1.88 bits per heavy atom. The van der Waals surface area contributed by atoms with E-state index in [1.807, 2.05) is 44.0 Å². The molecule has 0 heterocycles. The summed E-state index contributed by atoms with van der Waals surface area (Å²) in [5.74, 6) is 0.874. The van der Waals surface area contributed by atoms with Crippen molar-refractivity contribution in [1.29, 1.82) is 0 Å². The van der Waals surface area contributed by atoms with Crippen molar-refractivity contribution in [3.63, 3.8) is 0 Å². The predicted molar refractivity (Wildman–Crippen MR) is 100 cm³/mol. The van der Waals surface area contributed by atoms with Crippen LogP contribution in [0.3, 0.4) is 0 Å². The third-order valence-electron chi connectivity index (χ3n) is 4.11. The van der Waals surface area contributed by atoms with E-state index in [9.17, 15) is 9.18 Å². The Bertz CT molecular complexity index is 734. The van der Waals surface area contributed by atoms with E-state index in [2.05, 4.69) is 5.32 Å². The number of anilines is 1. The number of methoxy groups -OCH3 is 1. The van der Waals surface area contributed by atoms with Gasteiger partial charge in [0.1, 0.15) is 5.82 Å². The van der Waals surface area contributed by atoms with E-state index in [4.69, 9.17) is 9.47 Å². The molecule has 0 aromatic heterocycles. The molecule has 2 rings (SSSR count). The molecule has 2 aromatic rings. The molecule has 0 radical (unpaired) electrons. The van der Waals surface area contributed by atoms with Crippen molar-refractivity contribution >= 4 is 11.6 Å². The molecule has 26 heavy (non-hydrogen) atoms. The fourth-order valence-electron chi connectivity index (χ4n) is 2.49. The van der Waals surface area contributed by atoms with Gasteiger partial charge < -0.3 is 14.8 Å². The summed E-state index contributed by atoms with van der Waals surface area (Å²) in [7, 11) is 3.47. The Morgan fingerprint density at radius 3 is 2.50 bits per heavy atom. The number of ether oxygens (including phenoxy) is 2. The van der Waals surface area contributed by atoms with Crippen LogP contribution in [0.2, 0.25) is 0 Å². The van der Waals surface area contributed by atoms with Gasteiger partial charge in [0.2, 0.25) is 5.91 Å². The third-order valence-corrected chi connectivity index (χ3v) is 4.11. The minimum atomic E-state index is -0.363. The number of carbonyl (C=O) groups is 1. The predicted octanol–water partition coefficient (Wildman–Crippen LogP) is 3.69. The third kappa shape index (κ3) is 5.20. The number of likely N-dealkylation sites (N-methyl/N-ethyl adjacent to an activating group) is 1. The highest BCUT2D eigenvalue weighted by Gasteiger charge is 2.19. The molecule has 6 heteroatoms. The Labute approximate surface area is 153 Å². The zero-order valence-electron chi connectivity index (χ0n) is 15.6. The number of carbonyl (C=O) groups excluding carboxylic acids is 1. The van der Waals surface area contributed by atoms with Gasteiger partial charge in [-0.2, -0.15) is 0 Å². The molecule has 0 bridgehead atoms. The minimum Gasteiger partial charge on any atom is -0.493 e. The topological polar surface area (TPSA) is 50.8 Å². The average molecular weight is 360 g/mol. The number of nitrogens with zero attached hydrogens (tertiary/aromatic N) is 1. The van der Waals surface area contributed by atoms with Crippen LogP contribution in [0.1, 0.15) is 19.4 Å². The summed E-state index contributed by atoms with van der Waals surface area (Å²) in [5, 5.41) is 2.79. The maximum absolute atomic E-state index is 13.0. The first kappa shape index (κ1) is 19.7. The van der Waals surface area contributed by atoms with Crippen LogP contribution >= 0.6 is 0 Å². The number of amides is 1. The maximum Gasteiger partial charge on any atom is 0.241 e. The lowest BCUT2D eigenvalue weighted by Crippen LogP contribution is -2.39. The van der Waals surface area contributed by atoms with Crippen LogP contribution < -0.4 is 14.8 Å². The van der Waals surface area contributed by atoms with Crippen LogP contribution in [0.15, 0.2) is 42.5 Å². The Kier molecular flexibility index (Phi) is 6.97. The van der Waals surface area contributed by atoms with Gasteiger partial charge >= 0.3 is 0 Å². The van der Waals surface area contributed by atoms with E-state index >= 15 is 0 Å². The van der Waals surface area contributed by atoms with Crippen LogP contribution in [0.5, 0.6) is 11.5 Å². The lowest BCUT2D eigenvalue weighted by atomic mass is 10.1. The number of benzene rings is 2. The minimum absolute atomic E-state index is 0.156. The van der Waals surface area contributed by atoms with Gasteiger partial charge in [0.05, 0.1) is 19.8 Å². The molecule has 1 N–H and O–H groups in total. The van der Waals surface area contributed by atoms with Gasteiger partial charge in [-0.1, -0.05) is 6.07 Å². The lowest BCUT2D eigenvalue weighted by Gasteiger charge is -2.24. The molecule has 0 saturated heterocycles. The van der Waals surface area contributed by atoms with Crippen LogP contribution in [0.25, 0.3) is 0 Å². The second-order valence-electron chi connectivity index (χ2n) is 6.01. The van der Waals surface area contributed by atoms with E-state index in [0.29, 0.717) is 30.3 Å². The van der Waals surface area contributed by atoms with Crippen LogP contribution in [-0.4, -0.2) is 37.6 Å². The Morgan fingerprint density at radius 1 is 1.19 bits per heavy atom. The maximum atomic E-state index is 13.0. The summed E-state index contributed by atoms with van der Waals surface area (Å²) < 4.78 is 23.8. The first-order valence-corrected chi connectivity index (χ1v) is 8.51. The van der Waals surface area contributed by atoms with Gasteiger partial charge in [0, 0.05) is 12.2 Å². The van der Waals surface area contributed by atoms with Crippen molar-refractivity contribution in [2.24, 2.45) is 0 Å². The quantitative estimate of drug-likeness (QED) is 0.780. The smallest absolute Gasteiger partial charge is 0.241 e. The standard InChI is InChI=1S/C20H25FN2O3/c1-5-26-18-11-6-15(12-19(18)25-4)13-23(3)14(2)20(24)22-17-9-7-16(21)8-10-17/h6-12,14H,5,13H2,1-4H3,(H,22,24). The fraction of sp³-hybridized carbons (Fsp3) is 0.350. The summed E-state index contributed by atoms with van der Waals surface area (Å²) >= 11 is 0. The second kappa shape index (κ2) is 9.20. The van der Waals surface area contributed by atoms with Crippen molar-refractivity contribution in [3.05, 3.63) is 53.8 Å². The molecule has 0 aliphatic rings. The Hall–Kier alpha value is -2.60. The SMILES string of the molecule is CCOc1ccc(CN(C)C(C)C(=O)Nc2ccc(F)cc2)cc1OC. The van der Waals surface area contributed by atoms with Gasteiger partial charge in [-0.05, 0) is 62.9 Å². The number of halogens is 1. The molecule has 0 aliphatic carbocycles.